The van der Waals surface area contributed by atoms with Crippen molar-refractivity contribution >= 4 is 27.7 Å². The van der Waals surface area contributed by atoms with E-state index in [-0.39, 0.29) is 5.82 Å². The Kier molecular flexibility index (Phi) is 5.89. The lowest BCUT2D eigenvalue weighted by Gasteiger charge is -2.06. The second-order valence-electron chi connectivity index (χ2n) is 4.07. The van der Waals surface area contributed by atoms with E-state index in [1.165, 1.54) is 11.0 Å². The van der Waals surface area contributed by atoms with E-state index in [0.717, 1.165) is 16.8 Å². The van der Waals surface area contributed by atoms with Crippen LogP contribution in [0.25, 0.3) is 0 Å². The highest BCUT2D eigenvalue weighted by molar-refractivity contribution is 9.10. The Labute approximate surface area is 125 Å². The van der Waals surface area contributed by atoms with E-state index in [2.05, 4.69) is 33.4 Å². The predicted molar refractivity (Wildman–Crippen MR) is 83.0 cm³/mol. The fourth-order valence-electron chi connectivity index (χ4n) is 1.65. The minimum absolute atomic E-state index is 0.169. The summed E-state index contributed by atoms with van der Waals surface area (Å²) in [6.07, 6.45) is 0. The smallest absolute Gasteiger partial charge is 0.128 e. The molecule has 1 N–H and O–H groups in total. The number of halogens is 2. The van der Waals surface area contributed by atoms with Crippen LogP contribution >= 0.6 is 27.7 Å². The van der Waals surface area contributed by atoms with Crippen LogP contribution in [-0.2, 0) is 6.54 Å². The summed E-state index contributed by atoms with van der Waals surface area (Å²) in [4.78, 5) is 1.26. The Morgan fingerprint density at radius 2 is 1.89 bits per heavy atom. The molecule has 0 aliphatic carbocycles. The van der Waals surface area contributed by atoms with E-state index < -0.39 is 0 Å². The van der Waals surface area contributed by atoms with E-state index in [0.29, 0.717) is 12.1 Å². The highest BCUT2D eigenvalue weighted by atomic mass is 79.9. The van der Waals surface area contributed by atoms with Crippen molar-refractivity contribution in [1.29, 1.82) is 0 Å². The molecule has 100 valence electrons. The summed E-state index contributed by atoms with van der Waals surface area (Å²) in [5.41, 5.74) is 0.702. The van der Waals surface area contributed by atoms with Crippen molar-refractivity contribution in [3.05, 3.63) is 64.4 Å². The van der Waals surface area contributed by atoms with Crippen LogP contribution in [0.5, 0.6) is 0 Å². The van der Waals surface area contributed by atoms with E-state index in [1.54, 1.807) is 17.8 Å². The van der Waals surface area contributed by atoms with E-state index in [9.17, 15) is 4.39 Å². The Balaban J connectivity index is 1.69. The zero-order valence-electron chi connectivity index (χ0n) is 10.4. The standard InChI is InChI=1S/C15H15BrFNS/c16-13-7-6-12(15(17)10-13)11-18-8-9-19-14-4-2-1-3-5-14/h1-7,10,18H,8-9,11H2. The molecule has 1 nitrogen and oxygen atoms in total. The topological polar surface area (TPSA) is 12.0 Å². The Morgan fingerprint density at radius 3 is 2.63 bits per heavy atom. The van der Waals surface area contributed by atoms with Crippen LogP contribution in [0.4, 0.5) is 4.39 Å². The monoisotopic (exact) mass is 339 g/mol. The molecule has 0 aliphatic rings. The van der Waals surface area contributed by atoms with Crippen molar-refractivity contribution in [3.63, 3.8) is 0 Å². The van der Waals surface area contributed by atoms with E-state index in [4.69, 9.17) is 0 Å². The summed E-state index contributed by atoms with van der Waals surface area (Å²) >= 11 is 5.05. The van der Waals surface area contributed by atoms with Gasteiger partial charge in [-0.15, -0.1) is 11.8 Å². The minimum Gasteiger partial charge on any atom is -0.312 e. The zero-order chi connectivity index (χ0) is 13.5. The van der Waals surface area contributed by atoms with Gasteiger partial charge >= 0.3 is 0 Å². The van der Waals surface area contributed by atoms with Crippen molar-refractivity contribution in [2.24, 2.45) is 0 Å². The van der Waals surface area contributed by atoms with Gasteiger partial charge in [-0.05, 0) is 24.3 Å². The molecule has 19 heavy (non-hydrogen) atoms. The fourth-order valence-corrected chi connectivity index (χ4v) is 2.81. The van der Waals surface area contributed by atoms with Crippen molar-refractivity contribution in [1.82, 2.24) is 5.32 Å². The molecule has 0 saturated heterocycles. The van der Waals surface area contributed by atoms with Gasteiger partial charge in [0.15, 0.2) is 0 Å². The quantitative estimate of drug-likeness (QED) is 0.615. The number of hydrogen-bond donors (Lipinski definition) is 1. The Bertz CT molecular complexity index is 519. The number of thioether (sulfide) groups is 1. The lowest BCUT2D eigenvalue weighted by atomic mass is 10.2. The van der Waals surface area contributed by atoms with Crippen LogP contribution < -0.4 is 5.32 Å². The van der Waals surface area contributed by atoms with E-state index in [1.807, 2.05) is 24.3 Å². The molecule has 2 aromatic rings. The molecule has 0 unspecified atom stereocenters. The number of benzene rings is 2. The molecule has 0 fully saturated rings. The third kappa shape index (κ3) is 4.97. The SMILES string of the molecule is Fc1cc(Br)ccc1CNCCSc1ccccc1. The number of rotatable bonds is 6. The molecule has 0 aromatic heterocycles. The number of nitrogens with one attached hydrogen (secondary N) is 1. The molecule has 2 aromatic carbocycles. The second-order valence-corrected chi connectivity index (χ2v) is 6.16. The molecule has 0 radical (unpaired) electrons. The summed E-state index contributed by atoms with van der Waals surface area (Å²) in [6.45, 7) is 1.42. The molecule has 4 heteroatoms. The van der Waals surface area contributed by atoms with Crippen LogP contribution in [0.3, 0.4) is 0 Å². The van der Waals surface area contributed by atoms with Gasteiger partial charge in [-0.2, -0.15) is 0 Å². The predicted octanol–water partition coefficient (Wildman–Crippen LogP) is 4.47. The van der Waals surface area contributed by atoms with Crippen LogP contribution in [0.1, 0.15) is 5.56 Å². The first-order valence-corrected chi connectivity index (χ1v) is 7.86. The van der Waals surface area contributed by atoms with Crippen molar-refractivity contribution in [2.45, 2.75) is 11.4 Å². The first-order valence-electron chi connectivity index (χ1n) is 6.08. The highest BCUT2D eigenvalue weighted by Crippen LogP contribution is 2.17. The Morgan fingerprint density at radius 1 is 1.11 bits per heavy atom. The highest BCUT2D eigenvalue weighted by Gasteiger charge is 2.01. The van der Waals surface area contributed by atoms with Gasteiger partial charge in [-0.25, -0.2) is 4.39 Å². The van der Waals surface area contributed by atoms with Crippen LogP contribution in [0.2, 0.25) is 0 Å². The van der Waals surface area contributed by atoms with Crippen LogP contribution in [0, 0.1) is 5.82 Å². The average Bonchev–Trinajstić information content (AvgIpc) is 2.42. The molecule has 0 amide bonds. The van der Waals surface area contributed by atoms with Crippen molar-refractivity contribution in [3.8, 4) is 0 Å². The van der Waals surface area contributed by atoms with Gasteiger partial charge < -0.3 is 5.32 Å². The maximum absolute atomic E-state index is 13.5. The normalized spacial score (nSPS) is 10.6. The van der Waals surface area contributed by atoms with E-state index >= 15 is 0 Å². The minimum atomic E-state index is -0.169. The summed E-state index contributed by atoms with van der Waals surface area (Å²) in [7, 11) is 0. The first kappa shape index (κ1) is 14.6. The molecule has 0 aliphatic heterocycles. The molecular weight excluding hydrogens is 325 g/mol. The van der Waals surface area contributed by atoms with Crippen molar-refractivity contribution < 1.29 is 4.39 Å². The average molecular weight is 340 g/mol. The summed E-state index contributed by atoms with van der Waals surface area (Å²) in [6, 6.07) is 15.4. The third-order valence-electron chi connectivity index (χ3n) is 2.62. The van der Waals surface area contributed by atoms with Gasteiger partial charge in [-0.3, -0.25) is 0 Å². The van der Waals surface area contributed by atoms with Gasteiger partial charge in [0.25, 0.3) is 0 Å². The Hall–Kier alpha value is -0.840. The molecule has 0 heterocycles. The molecule has 0 saturated carbocycles. The molecular formula is C15H15BrFNS. The van der Waals surface area contributed by atoms with Crippen LogP contribution in [-0.4, -0.2) is 12.3 Å². The molecule has 2 rings (SSSR count). The van der Waals surface area contributed by atoms with Gasteiger partial charge in [0.05, 0.1) is 0 Å². The van der Waals surface area contributed by atoms with Crippen molar-refractivity contribution in [2.75, 3.05) is 12.3 Å². The first-order chi connectivity index (χ1) is 9.25. The lowest BCUT2D eigenvalue weighted by Crippen LogP contribution is -2.17. The largest absolute Gasteiger partial charge is 0.312 e. The van der Waals surface area contributed by atoms with Gasteiger partial charge in [0.1, 0.15) is 5.82 Å². The van der Waals surface area contributed by atoms with Crippen LogP contribution in [0.15, 0.2) is 57.9 Å². The second kappa shape index (κ2) is 7.68. The summed E-state index contributed by atoms with van der Waals surface area (Å²) < 4.78 is 14.3. The summed E-state index contributed by atoms with van der Waals surface area (Å²) in [5, 5.41) is 3.26. The summed E-state index contributed by atoms with van der Waals surface area (Å²) in [5.74, 6) is 0.805. The van der Waals surface area contributed by atoms with Gasteiger partial charge in [0.2, 0.25) is 0 Å². The molecule has 0 spiro atoms. The third-order valence-corrected chi connectivity index (χ3v) is 4.13. The van der Waals surface area contributed by atoms with Gasteiger partial charge in [0, 0.05) is 33.8 Å². The lowest BCUT2D eigenvalue weighted by molar-refractivity contribution is 0.593. The molecule has 0 bridgehead atoms. The van der Waals surface area contributed by atoms with Gasteiger partial charge in [-0.1, -0.05) is 40.2 Å². The number of hydrogen-bond acceptors (Lipinski definition) is 2. The zero-order valence-corrected chi connectivity index (χ0v) is 12.8. The molecule has 0 atom stereocenters. The fraction of sp³-hybridized carbons (Fsp3) is 0.200. The maximum Gasteiger partial charge on any atom is 0.128 e. The maximum atomic E-state index is 13.5.